The quantitative estimate of drug-likeness (QED) is 0.402. The van der Waals surface area contributed by atoms with E-state index in [-0.39, 0.29) is 23.8 Å². The van der Waals surface area contributed by atoms with Gasteiger partial charge in [-0.05, 0) is 25.7 Å². The van der Waals surface area contributed by atoms with Crippen LogP contribution >= 0.6 is 0 Å². The van der Waals surface area contributed by atoms with Crippen molar-refractivity contribution < 1.29 is 14.3 Å². The number of ether oxygens (including phenoxy) is 1. The van der Waals surface area contributed by atoms with Crippen molar-refractivity contribution in [1.82, 2.24) is 0 Å². The van der Waals surface area contributed by atoms with Gasteiger partial charge in [0.05, 0.1) is 11.3 Å². The smallest absolute Gasteiger partial charge is 0.319 e. The van der Waals surface area contributed by atoms with Crippen molar-refractivity contribution >= 4 is 11.9 Å². The van der Waals surface area contributed by atoms with Gasteiger partial charge in [-0.3, -0.25) is 9.59 Å². The van der Waals surface area contributed by atoms with Gasteiger partial charge < -0.3 is 4.74 Å². The van der Waals surface area contributed by atoms with Gasteiger partial charge in [-0.15, -0.1) is 0 Å². The van der Waals surface area contributed by atoms with E-state index in [1.54, 1.807) is 0 Å². The van der Waals surface area contributed by atoms with Crippen molar-refractivity contribution in [2.75, 3.05) is 0 Å². The second-order valence-electron chi connectivity index (χ2n) is 4.06. The molecule has 3 nitrogen and oxygen atoms in total. The van der Waals surface area contributed by atoms with Crippen LogP contribution in [0.4, 0.5) is 0 Å². The van der Waals surface area contributed by atoms with Crippen molar-refractivity contribution in [3.8, 4) is 0 Å². The molecule has 0 aromatic carbocycles. The Morgan fingerprint density at radius 2 is 2.17 bits per heavy atom. The van der Waals surface area contributed by atoms with Crippen LogP contribution in [0.25, 0.3) is 0 Å². The summed E-state index contributed by atoms with van der Waals surface area (Å²) in [4.78, 5) is 22.5. The number of rotatable bonds is 0. The Morgan fingerprint density at radius 3 is 2.83 bits per heavy atom. The maximum absolute atomic E-state index is 11.4. The predicted octanol–water partition coefficient (Wildman–Crippen LogP) is 1.12. The summed E-state index contributed by atoms with van der Waals surface area (Å²) in [5.74, 6) is -0.518. The fraction of sp³-hybridized carbons (Fsp3) is 0.778. The van der Waals surface area contributed by atoms with E-state index in [4.69, 9.17) is 0 Å². The minimum Gasteiger partial charge on any atom is -0.393 e. The number of hydrogen-bond acceptors (Lipinski definition) is 3. The Bertz CT molecular complexity index is 258. The number of cyclic esters (lactones) is 2. The molecule has 1 aliphatic heterocycles. The topological polar surface area (TPSA) is 43.4 Å². The third-order valence-electron chi connectivity index (χ3n) is 3.55. The van der Waals surface area contributed by atoms with Crippen LogP contribution in [0.5, 0.6) is 0 Å². The number of hydrogen-bond donors (Lipinski definition) is 0. The zero-order valence-electron chi connectivity index (χ0n) is 7.29. The molecule has 2 bridgehead atoms. The van der Waals surface area contributed by atoms with Crippen LogP contribution in [0, 0.1) is 17.3 Å². The van der Waals surface area contributed by atoms with E-state index in [2.05, 4.69) is 4.74 Å². The van der Waals surface area contributed by atoms with Crippen LogP contribution < -0.4 is 0 Å². The first-order valence-electron chi connectivity index (χ1n) is 4.32. The van der Waals surface area contributed by atoms with Gasteiger partial charge in [0.1, 0.15) is 0 Å². The first-order valence-corrected chi connectivity index (χ1v) is 4.32. The van der Waals surface area contributed by atoms with Crippen molar-refractivity contribution in [2.24, 2.45) is 17.3 Å². The molecular formula is C9H12O3. The van der Waals surface area contributed by atoms with Gasteiger partial charge in [-0.2, -0.15) is 0 Å². The maximum Gasteiger partial charge on any atom is 0.319 e. The molecular weight excluding hydrogens is 156 g/mol. The second-order valence-corrected chi connectivity index (χ2v) is 4.06. The van der Waals surface area contributed by atoms with Crippen molar-refractivity contribution in [1.29, 1.82) is 0 Å². The molecule has 0 amide bonds. The zero-order chi connectivity index (χ0) is 8.93. The highest BCUT2D eigenvalue weighted by Crippen LogP contribution is 2.50. The molecule has 0 spiro atoms. The average Bonchev–Trinajstić information content (AvgIpc) is 2.23. The highest BCUT2D eigenvalue weighted by atomic mass is 16.6. The van der Waals surface area contributed by atoms with E-state index in [9.17, 15) is 9.59 Å². The normalized spacial score (nSPS) is 46.2. The molecule has 2 fully saturated rings. The summed E-state index contributed by atoms with van der Waals surface area (Å²) in [6, 6.07) is 0. The van der Waals surface area contributed by atoms with Gasteiger partial charge in [0.25, 0.3) is 0 Å². The number of carbonyl (C=O) groups is 2. The van der Waals surface area contributed by atoms with Crippen LogP contribution in [0.3, 0.4) is 0 Å². The van der Waals surface area contributed by atoms with E-state index >= 15 is 0 Å². The summed E-state index contributed by atoms with van der Waals surface area (Å²) >= 11 is 0. The van der Waals surface area contributed by atoms with Crippen molar-refractivity contribution in [3.63, 3.8) is 0 Å². The summed E-state index contributed by atoms with van der Waals surface area (Å²) in [5.41, 5.74) is -0.390. The molecule has 12 heavy (non-hydrogen) atoms. The minimum absolute atomic E-state index is 0.0345. The lowest BCUT2D eigenvalue weighted by atomic mass is 9.77. The van der Waals surface area contributed by atoms with Crippen LogP contribution in [-0.4, -0.2) is 11.9 Å². The molecule has 0 unspecified atom stereocenters. The molecule has 0 aromatic rings. The molecule has 0 aromatic heterocycles. The molecule has 66 valence electrons. The van der Waals surface area contributed by atoms with Crippen molar-refractivity contribution in [3.05, 3.63) is 0 Å². The van der Waals surface area contributed by atoms with Gasteiger partial charge in [0, 0.05) is 0 Å². The summed E-state index contributed by atoms with van der Waals surface area (Å²) in [6.45, 7) is 3.86. The van der Waals surface area contributed by atoms with Gasteiger partial charge in [-0.25, -0.2) is 0 Å². The molecule has 2 aliphatic rings. The second kappa shape index (κ2) is 2.09. The Balaban J connectivity index is 2.40. The van der Waals surface area contributed by atoms with Gasteiger partial charge in [0.2, 0.25) is 0 Å². The van der Waals surface area contributed by atoms with Gasteiger partial charge in [-0.1, -0.05) is 6.92 Å². The van der Waals surface area contributed by atoms with Gasteiger partial charge in [0.15, 0.2) is 0 Å². The molecule has 1 saturated heterocycles. The standard InChI is InChI=1S/C9H12O3/c1-5-6-3-4-9(5,2)8(11)12-7(6)10/h5-6H,3-4H2,1-2H3/t5-,6+,9-/m1/s1. The Morgan fingerprint density at radius 1 is 1.50 bits per heavy atom. The summed E-state index contributed by atoms with van der Waals surface area (Å²) in [5, 5.41) is 0. The SMILES string of the molecule is C[C@@H]1[C@@H]2CC[C@@]1(C)C(=O)OC2=O. The first-order chi connectivity index (χ1) is 5.55. The Kier molecular flexibility index (Phi) is 1.35. The predicted molar refractivity (Wildman–Crippen MR) is 41.1 cm³/mol. The van der Waals surface area contributed by atoms with Crippen LogP contribution in [-0.2, 0) is 14.3 Å². The third kappa shape index (κ3) is 0.713. The highest BCUT2D eigenvalue weighted by molar-refractivity contribution is 5.94. The Hall–Kier alpha value is -0.860. The summed E-state index contributed by atoms with van der Waals surface area (Å²) < 4.78 is 4.67. The van der Waals surface area contributed by atoms with E-state index in [0.717, 1.165) is 12.8 Å². The molecule has 2 rings (SSSR count). The lowest BCUT2D eigenvalue weighted by Gasteiger charge is -2.32. The van der Waals surface area contributed by atoms with Crippen LogP contribution in [0.2, 0.25) is 0 Å². The molecule has 0 radical (unpaired) electrons. The molecule has 0 N–H and O–H groups in total. The van der Waals surface area contributed by atoms with Gasteiger partial charge >= 0.3 is 11.9 Å². The van der Waals surface area contributed by atoms with E-state index in [0.29, 0.717) is 0 Å². The third-order valence-corrected chi connectivity index (χ3v) is 3.55. The number of fused-ring (bicyclic) bond motifs is 2. The van der Waals surface area contributed by atoms with Crippen LogP contribution in [0.15, 0.2) is 0 Å². The molecule has 3 heteroatoms. The minimum atomic E-state index is -0.390. The molecule has 1 aliphatic carbocycles. The van der Waals surface area contributed by atoms with Crippen LogP contribution in [0.1, 0.15) is 26.7 Å². The van der Waals surface area contributed by atoms with E-state index in [1.807, 2.05) is 13.8 Å². The molecule has 1 heterocycles. The lowest BCUT2D eigenvalue weighted by Crippen LogP contribution is -2.42. The number of esters is 2. The molecule has 1 saturated carbocycles. The fourth-order valence-electron chi connectivity index (χ4n) is 2.27. The average molecular weight is 168 g/mol. The largest absolute Gasteiger partial charge is 0.393 e. The van der Waals surface area contributed by atoms with Crippen molar-refractivity contribution in [2.45, 2.75) is 26.7 Å². The van der Waals surface area contributed by atoms with E-state index < -0.39 is 5.41 Å². The number of carbonyl (C=O) groups excluding carboxylic acids is 2. The monoisotopic (exact) mass is 168 g/mol. The molecule has 3 atom stereocenters. The lowest BCUT2D eigenvalue weighted by molar-refractivity contribution is -0.178. The fourth-order valence-corrected chi connectivity index (χ4v) is 2.27. The Labute approximate surface area is 71.1 Å². The zero-order valence-corrected chi connectivity index (χ0v) is 7.29. The maximum atomic E-state index is 11.4. The summed E-state index contributed by atoms with van der Waals surface area (Å²) in [7, 11) is 0. The van der Waals surface area contributed by atoms with E-state index in [1.165, 1.54) is 0 Å². The highest BCUT2D eigenvalue weighted by Gasteiger charge is 2.56. The summed E-state index contributed by atoms with van der Waals surface area (Å²) in [6.07, 6.45) is 1.60. The first kappa shape index (κ1) is 7.77.